The van der Waals surface area contributed by atoms with E-state index >= 15 is 0 Å². The Labute approximate surface area is 188 Å². The van der Waals surface area contributed by atoms with Crippen LogP contribution in [-0.4, -0.2) is 69.0 Å². The fourth-order valence-corrected chi connectivity index (χ4v) is 4.49. The van der Waals surface area contributed by atoms with Crippen molar-refractivity contribution in [3.05, 3.63) is 17.7 Å². The van der Waals surface area contributed by atoms with E-state index in [-0.39, 0.29) is 50.4 Å². The molecular formula is C21H29F6N5O. The normalized spacial score (nSPS) is 22.8. The molecule has 1 aromatic carbocycles. The van der Waals surface area contributed by atoms with Crippen LogP contribution in [0.5, 0.6) is 0 Å². The lowest BCUT2D eigenvalue weighted by Crippen LogP contribution is -2.49. The van der Waals surface area contributed by atoms with E-state index in [9.17, 15) is 31.1 Å². The summed E-state index contributed by atoms with van der Waals surface area (Å²) in [5.41, 5.74) is 7.72. The number of anilines is 3. The van der Waals surface area contributed by atoms with Crippen molar-refractivity contribution in [1.29, 1.82) is 0 Å². The monoisotopic (exact) mass is 481 g/mol. The van der Waals surface area contributed by atoms with Crippen LogP contribution in [0.3, 0.4) is 0 Å². The van der Waals surface area contributed by atoms with E-state index in [1.807, 2.05) is 4.90 Å². The van der Waals surface area contributed by atoms with Crippen LogP contribution in [0.2, 0.25) is 0 Å². The molecule has 1 saturated carbocycles. The number of hydrogen-bond acceptors (Lipinski definition) is 5. The fourth-order valence-electron chi connectivity index (χ4n) is 4.49. The summed E-state index contributed by atoms with van der Waals surface area (Å²) in [5, 5.41) is 5.76. The maximum Gasteiger partial charge on any atom is 0.401 e. The molecule has 1 aliphatic heterocycles. The zero-order valence-electron chi connectivity index (χ0n) is 18.3. The third-order valence-electron chi connectivity index (χ3n) is 6.32. The minimum atomic E-state index is -4.28. The van der Waals surface area contributed by atoms with Crippen LogP contribution in [0.25, 0.3) is 0 Å². The number of amides is 1. The van der Waals surface area contributed by atoms with Gasteiger partial charge in [-0.15, -0.1) is 0 Å². The minimum Gasteiger partial charge on any atom is -0.397 e. The largest absolute Gasteiger partial charge is 0.401 e. The second kappa shape index (κ2) is 9.86. The van der Waals surface area contributed by atoms with Crippen LogP contribution in [0.1, 0.15) is 36.0 Å². The van der Waals surface area contributed by atoms with Gasteiger partial charge in [-0.3, -0.25) is 9.69 Å². The zero-order valence-corrected chi connectivity index (χ0v) is 18.3. The Balaban J connectivity index is 1.72. The first kappa shape index (κ1) is 25.3. The fraction of sp³-hybridized carbons (Fsp3) is 0.667. The summed E-state index contributed by atoms with van der Waals surface area (Å²) >= 11 is 0. The van der Waals surface area contributed by atoms with E-state index in [1.165, 1.54) is 11.0 Å². The van der Waals surface area contributed by atoms with Crippen molar-refractivity contribution in [2.75, 3.05) is 55.7 Å². The number of benzene rings is 1. The second-order valence-electron chi connectivity index (χ2n) is 8.65. The van der Waals surface area contributed by atoms with Gasteiger partial charge in [-0.1, -0.05) is 0 Å². The third-order valence-corrected chi connectivity index (χ3v) is 6.32. The van der Waals surface area contributed by atoms with Crippen molar-refractivity contribution in [3.8, 4) is 0 Å². The van der Waals surface area contributed by atoms with Gasteiger partial charge in [0, 0.05) is 39.3 Å². The van der Waals surface area contributed by atoms with Crippen molar-refractivity contribution < 1.29 is 31.1 Å². The summed E-state index contributed by atoms with van der Waals surface area (Å²) in [6, 6.07) is 2.81. The number of nitrogens with one attached hydrogen (secondary N) is 2. The summed E-state index contributed by atoms with van der Waals surface area (Å²) in [6.45, 7) is -0.0406. The van der Waals surface area contributed by atoms with Crippen molar-refractivity contribution in [2.45, 2.75) is 44.1 Å². The molecule has 0 aromatic heterocycles. The number of carbonyl (C=O) groups is 1. The molecule has 186 valence electrons. The Morgan fingerprint density at radius 3 is 2.15 bits per heavy atom. The molecule has 1 aliphatic carbocycles. The summed E-state index contributed by atoms with van der Waals surface area (Å²) in [7, 11) is 1.66. The van der Waals surface area contributed by atoms with Crippen molar-refractivity contribution in [3.63, 3.8) is 0 Å². The molecule has 6 nitrogen and oxygen atoms in total. The number of alkyl halides is 6. The molecule has 12 heteroatoms. The number of carbonyl (C=O) groups excluding carboxylic acids is 1. The molecule has 1 aromatic rings. The second-order valence-corrected chi connectivity index (χ2v) is 8.65. The number of piperazine rings is 1. The Morgan fingerprint density at radius 1 is 1.03 bits per heavy atom. The number of rotatable bonds is 5. The van der Waals surface area contributed by atoms with Gasteiger partial charge in [0.2, 0.25) is 0 Å². The Kier molecular flexibility index (Phi) is 7.55. The molecule has 2 aliphatic rings. The first-order chi connectivity index (χ1) is 15.4. The topological polar surface area (TPSA) is 73.6 Å². The Hall–Kier alpha value is -2.37. The lowest BCUT2D eigenvalue weighted by Gasteiger charge is -2.37. The number of nitrogen functional groups attached to an aromatic ring is 1. The highest BCUT2D eigenvalue weighted by atomic mass is 19.4. The zero-order chi connectivity index (χ0) is 24.4. The average molecular weight is 481 g/mol. The van der Waals surface area contributed by atoms with Gasteiger partial charge >= 0.3 is 12.4 Å². The molecule has 33 heavy (non-hydrogen) atoms. The average Bonchev–Trinajstić information content (AvgIpc) is 2.73. The van der Waals surface area contributed by atoms with E-state index in [4.69, 9.17) is 5.73 Å². The minimum absolute atomic E-state index is 0.0384. The predicted octanol–water partition coefficient (Wildman–Crippen LogP) is 3.85. The number of nitrogens with two attached hydrogens (primary N) is 1. The van der Waals surface area contributed by atoms with Gasteiger partial charge < -0.3 is 21.3 Å². The van der Waals surface area contributed by atoms with E-state index in [1.54, 1.807) is 13.1 Å². The van der Waals surface area contributed by atoms with E-state index in [2.05, 4.69) is 10.6 Å². The van der Waals surface area contributed by atoms with Gasteiger partial charge in [-0.25, -0.2) is 0 Å². The van der Waals surface area contributed by atoms with Gasteiger partial charge in [-0.2, -0.15) is 26.3 Å². The van der Waals surface area contributed by atoms with Crippen LogP contribution in [0.4, 0.5) is 43.4 Å². The van der Waals surface area contributed by atoms with Gasteiger partial charge in [0.25, 0.3) is 5.91 Å². The molecule has 1 heterocycles. The number of halogens is 6. The van der Waals surface area contributed by atoms with Crippen LogP contribution in [0.15, 0.2) is 12.1 Å². The van der Waals surface area contributed by atoms with Crippen LogP contribution >= 0.6 is 0 Å². The smallest absolute Gasteiger partial charge is 0.397 e. The SMILES string of the molecule is CNc1cc(N2CCN(CC(F)(F)F)CC2)c(C(=O)NC2CCC(C(F)(F)F)CC2)cc1N. The highest BCUT2D eigenvalue weighted by Crippen LogP contribution is 2.38. The lowest BCUT2D eigenvalue weighted by atomic mass is 9.85. The van der Waals surface area contributed by atoms with E-state index in [0.29, 0.717) is 30.2 Å². The summed E-state index contributed by atoms with van der Waals surface area (Å²) < 4.78 is 76.8. The maximum absolute atomic E-state index is 13.1. The molecule has 0 unspecified atom stereocenters. The molecule has 0 bridgehead atoms. The number of hydrogen-bond donors (Lipinski definition) is 3. The summed E-state index contributed by atoms with van der Waals surface area (Å²) in [4.78, 5) is 16.2. The highest BCUT2D eigenvalue weighted by Gasteiger charge is 2.41. The van der Waals surface area contributed by atoms with Gasteiger partial charge in [0.1, 0.15) is 0 Å². The molecule has 1 saturated heterocycles. The maximum atomic E-state index is 13.1. The molecule has 0 spiro atoms. The molecule has 2 fully saturated rings. The highest BCUT2D eigenvalue weighted by molar-refractivity contribution is 6.02. The molecule has 0 radical (unpaired) electrons. The third kappa shape index (κ3) is 6.58. The van der Waals surface area contributed by atoms with Crippen LogP contribution < -0.4 is 21.3 Å². The van der Waals surface area contributed by atoms with Gasteiger partial charge in [-0.05, 0) is 37.8 Å². The Morgan fingerprint density at radius 2 is 1.64 bits per heavy atom. The molecule has 0 atom stereocenters. The van der Waals surface area contributed by atoms with Crippen molar-refractivity contribution >= 4 is 23.0 Å². The van der Waals surface area contributed by atoms with Crippen LogP contribution in [0, 0.1) is 5.92 Å². The van der Waals surface area contributed by atoms with Crippen molar-refractivity contribution in [2.24, 2.45) is 5.92 Å². The van der Waals surface area contributed by atoms with Gasteiger partial charge in [0.05, 0.1) is 35.1 Å². The quantitative estimate of drug-likeness (QED) is 0.440. The van der Waals surface area contributed by atoms with Crippen LogP contribution in [-0.2, 0) is 0 Å². The molecule has 3 rings (SSSR count). The van der Waals surface area contributed by atoms with Gasteiger partial charge in [0.15, 0.2) is 0 Å². The molecule has 1 amide bonds. The number of nitrogens with zero attached hydrogens (tertiary/aromatic N) is 2. The standard InChI is InChI=1S/C21H29F6N5O/c1-29-17-11-18(32-8-6-31(7-9-32)12-20(22,23)24)15(10-16(17)28)19(33)30-14-4-2-13(3-5-14)21(25,26)27/h10-11,13-14,29H,2-9,12,28H2,1H3,(H,30,33). The summed E-state index contributed by atoms with van der Waals surface area (Å²) in [6.07, 6.45) is -8.13. The van der Waals surface area contributed by atoms with E-state index < -0.39 is 30.7 Å². The lowest BCUT2D eigenvalue weighted by molar-refractivity contribution is -0.182. The first-order valence-electron chi connectivity index (χ1n) is 10.9. The predicted molar refractivity (Wildman–Crippen MR) is 114 cm³/mol. The molecule has 4 N–H and O–H groups in total. The van der Waals surface area contributed by atoms with Crippen molar-refractivity contribution in [1.82, 2.24) is 10.2 Å². The Bertz CT molecular complexity index is 828. The first-order valence-corrected chi connectivity index (χ1v) is 10.9. The van der Waals surface area contributed by atoms with E-state index in [0.717, 1.165) is 0 Å². The molecular weight excluding hydrogens is 452 g/mol. The summed E-state index contributed by atoms with van der Waals surface area (Å²) in [5.74, 6) is -1.80.